The molecular weight excluding hydrogens is 462 g/mol. The molecule has 1 saturated heterocycles. The molecule has 2 aliphatic rings. The Bertz CT molecular complexity index is 1430. The van der Waals surface area contributed by atoms with Gasteiger partial charge < -0.3 is 0 Å². The fourth-order valence-electron chi connectivity index (χ4n) is 5.41. The number of benzene rings is 4. The molecule has 2 aliphatic heterocycles. The zero-order valence-corrected chi connectivity index (χ0v) is 21.4. The van der Waals surface area contributed by atoms with E-state index in [0.29, 0.717) is 5.90 Å². The quantitative estimate of drug-likeness (QED) is 0.381. The van der Waals surface area contributed by atoms with Crippen LogP contribution in [0.15, 0.2) is 126 Å². The van der Waals surface area contributed by atoms with Gasteiger partial charge in [0, 0.05) is 0 Å². The molecule has 0 radical (unpaired) electrons. The summed E-state index contributed by atoms with van der Waals surface area (Å²) in [6.07, 6.45) is 1.87. The van der Waals surface area contributed by atoms with Crippen molar-refractivity contribution in [2.24, 2.45) is 5.10 Å². The van der Waals surface area contributed by atoms with E-state index >= 15 is 0 Å². The van der Waals surface area contributed by atoms with Gasteiger partial charge in [0.2, 0.25) is 0 Å². The van der Waals surface area contributed by atoms with Crippen molar-refractivity contribution in [2.45, 2.75) is 19.1 Å². The molecule has 2 heterocycles. The molecule has 4 aromatic carbocycles. The van der Waals surface area contributed by atoms with E-state index in [0.717, 1.165) is 21.9 Å². The van der Waals surface area contributed by atoms with E-state index in [1.165, 1.54) is 0 Å². The van der Waals surface area contributed by atoms with Crippen LogP contribution >= 0.6 is 0 Å². The van der Waals surface area contributed by atoms with E-state index in [9.17, 15) is 0 Å². The summed E-state index contributed by atoms with van der Waals surface area (Å²) >= 11 is 0. The topological polar surface area (TPSA) is 37.1 Å². The fraction of sp³-hybridized carbons (Fsp3) is 0.133. The van der Waals surface area contributed by atoms with Gasteiger partial charge in [-0.3, -0.25) is 0 Å². The van der Waals surface area contributed by atoms with Crippen LogP contribution in [0.25, 0.3) is 0 Å². The van der Waals surface area contributed by atoms with Gasteiger partial charge in [-0.05, 0) is 0 Å². The van der Waals surface area contributed by atoms with Gasteiger partial charge in [-0.25, -0.2) is 0 Å². The van der Waals surface area contributed by atoms with Gasteiger partial charge in [0.15, 0.2) is 0 Å². The Kier molecular flexibility index (Phi) is 5.45. The van der Waals surface area contributed by atoms with Crippen LogP contribution in [0, 0.1) is 0 Å². The Morgan fingerprint density at radius 1 is 0.778 bits per heavy atom. The summed E-state index contributed by atoms with van der Waals surface area (Å²) in [6.45, 7) is 2.21. The molecule has 6 heteroatoms. The third-order valence-corrected chi connectivity index (χ3v) is 12.6. The van der Waals surface area contributed by atoms with Crippen LogP contribution in [-0.4, -0.2) is 42.3 Å². The molecule has 0 aliphatic carbocycles. The molecule has 180 valence electrons. The summed E-state index contributed by atoms with van der Waals surface area (Å²) in [6, 6.07) is 41.1. The Morgan fingerprint density at radius 3 is 1.97 bits per heavy atom. The predicted molar refractivity (Wildman–Crippen MR) is 145 cm³/mol. The molecular formula is C30H29N3O2Si. The zero-order chi connectivity index (χ0) is 24.6. The molecule has 0 unspecified atom stereocenters. The Morgan fingerprint density at radius 2 is 1.33 bits per heavy atom. The molecule has 0 saturated carbocycles. The van der Waals surface area contributed by atoms with Crippen LogP contribution in [0.3, 0.4) is 0 Å². The molecule has 1 fully saturated rings. The molecule has 0 N–H and O–H groups in total. The van der Waals surface area contributed by atoms with Crippen LogP contribution in [-0.2, 0) is 8.85 Å². The summed E-state index contributed by atoms with van der Waals surface area (Å²) in [5.74, 6) is 0.563. The second-order valence-electron chi connectivity index (χ2n) is 9.40. The first-order valence-electron chi connectivity index (χ1n) is 12.3. The standard InChI is InChI=1S/C30H29N3O2Si/c1-24-29(26-17-9-4-10-18-26)34-36(32(24)2,28-21-13-6-14-22-28)33(23-25-15-7-3-8-16-25)31-30(35-36)27-19-11-5-12-20-27/h3-24,29H,1-2H3/b33-23+/t24-,29+/m0/s1. The first kappa shape index (κ1) is 22.6. The maximum absolute atomic E-state index is 7.37. The van der Waals surface area contributed by atoms with Gasteiger partial charge >= 0.3 is 212 Å². The van der Waals surface area contributed by atoms with Crippen LogP contribution in [0.4, 0.5) is 0 Å². The van der Waals surface area contributed by atoms with E-state index in [2.05, 4.69) is 73.3 Å². The average molecular weight is 492 g/mol. The SMILES string of the molecule is C[C@H]1[C@H](c2ccccc2)O[Si-]2(c3ccccc3)(OC(c3ccccc3)=N/[N+]2=C\c2ccccc2)N1C. The Hall–Kier alpha value is -3.84. The molecule has 6 rings (SSSR count). The number of rotatable bonds is 4. The van der Waals surface area contributed by atoms with E-state index in [4.69, 9.17) is 14.0 Å². The zero-order valence-electron chi connectivity index (χ0n) is 20.4. The Balaban J connectivity index is 1.64. The van der Waals surface area contributed by atoms with Crippen molar-refractivity contribution in [3.05, 3.63) is 138 Å². The number of hydrogen-bond donors (Lipinski definition) is 0. The third kappa shape index (κ3) is 3.30. The van der Waals surface area contributed by atoms with Crippen molar-refractivity contribution in [3.63, 3.8) is 0 Å². The fourth-order valence-corrected chi connectivity index (χ4v) is 10.8. The van der Waals surface area contributed by atoms with E-state index in [-0.39, 0.29) is 12.1 Å². The summed E-state index contributed by atoms with van der Waals surface area (Å²) in [7, 11) is -2.22. The molecule has 1 spiro atoms. The number of nitrogens with zero attached hydrogens (tertiary/aromatic N) is 3. The van der Waals surface area contributed by atoms with Crippen molar-refractivity contribution in [1.82, 2.24) is 4.57 Å². The van der Waals surface area contributed by atoms with Gasteiger partial charge in [0.05, 0.1) is 0 Å². The molecule has 4 aromatic rings. The van der Waals surface area contributed by atoms with Crippen LogP contribution in [0.1, 0.15) is 29.7 Å². The molecule has 0 aromatic heterocycles. The van der Waals surface area contributed by atoms with Crippen molar-refractivity contribution in [2.75, 3.05) is 7.05 Å². The first-order valence-corrected chi connectivity index (χ1v) is 14.5. The predicted octanol–water partition coefficient (Wildman–Crippen LogP) is 4.90. The van der Waals surface area contributed by atoms with Gasteiger partial charge in [-0.1, -0.05) is 0 Å². The summed E-state index contributed by atoms with van der Waals surface area (Å²) in [5, 5.41) is 6.12. The molecule has 5 nitrogen and oxygen atoms in total. The second-order valence-corrected chi connectivity index (χ2v) is 13.5. The first-order chi connectivity index (χ1) is 17.6. The number of hydrogen-bond acceptors (Lipinski definition) is 4. The van der Waals surface area contributed by atoms with Gasteiger partial charge in [-0.2, -0.15) is 0 Å². The normalized spacial score (nSPS) is 24.7. The maximum atomic E-state index is 7.37. The molecule has 0 bridgehead atoms. The van der Waals surface area contributed by atoms with Gasteiger partial charge in [0.25, 0.3) is 0 Å². The minimum atomic E-state index is -4.34. The number of likely N-dealkylation sites (N-methyl/N-ethyl adjacent to an activating group) is 1. The van der Waals surface area contributed by atoms with Crippen molar-refractivity contribution >= 4 is 25.5 Å². The van der Waals surface area contributed by atoms with Crippen LogP contribution in [0.5, 0.6) is 0 Å². The Labute approximate surface area is 212 Å². The van der Waals surface area contributed by atoms with Crippen molar-refractivity contribution in [3.8, 4) is 0 Å². The molecule has 0 amide bonds. The van der Waals surface area contributed by atoms with Gasteiger partial charge in [0.1, 0.15) is 0 Å². The average Bonchev–Trinajstić information content (AvgIpc) is 3.40. The summed E-state index contributed by atoms with van der Waals surface area (Å²) < 4.78 is 18.9. The van der Waals surface area contributed by atoms with Crippen molar-refractivity contribution in [1.29, 1.82) is 0 Å². The van der Waals surface area contributed by atoms with Crippen LogP contribution < -0.4 is 5.19 Å². The molecule has 36 heavy (non-hydrogen) atoms. The summed E-state index contributed by atoms with van der Waals surface area (Å²) in [4.78, 5) is 0. The monoisotopic (exact) mass is 491 g/mol. The van der Waals surface area contributed by atoms with Crippen molar-refractivity contribution < 1.29 is 13.2 Å². The minimum absolute atomic E-state index is 0.0398. The second kappa shape index (κ2) is 8.67. The van der Waals surface area contributed by atoms with E-state index < -0.39 is 8.16 Å². The van der Waals surface area contributed by atoms with E-state index in [1.54, 1.807) is 0 Å². The number of hydrazone groups is 1. The summed E-state index contributed by atoms with van der Waals surface area (Å²) in [5.41, 5.74) is 3.06. The third-order valence-electron chi connectivity index (χ3n) is 7.38. The van der Waals surface area contributed by atoms with E-state index in [1.807, 2.05) is 77.1 Å². The van der Waals surface area contributed by atoms with Crippen LogP contribution in [0.2, 0.25) is 0 Å². The molecule has 2 atom stereocenters. The van der Waals surface area contributed by atoms with Gasteiger partial charge in [-0.15, -0.1) is 0 Å².